The maximum atomic E-state index is 11.6. The number of hydrogen-bond acceptors (Lipinski definition) is 7. The first kappa shape index (κ1) is 22.5. The van der Waals surface area contributed by atoms with Crippen LogP contribution in [0.15, 0.2) is 12.1 Å². The number of methoxy groups -OCH3 is 2. The van der Waals surface area contributed by atoms with E-state index in [1.165, 1.54) is 26.4 Å². The normalized spacial score (nSPS) is 13.4. The third-order valence-corrected chi connectivity index (χ3v) is 3.56. The number of amides is 1. The second-order valence-corrected chi connectivity index (χ2v) is 6.83. The lowest BCUT2D eigenvalue weighted by atomic mass is 9.98. The number of benzene rings is 1. The van der Waals surface area contributed by atoms with Crippen molar-refractivity contribution in [1.82, 2.24) is 5.32 Å². The van der Waals surface area contributed by atoms with E-state index in [4.69, 9.17) is 19.3 Å². The maximum Gasteiger partial charge on any atom is 0.407 e. The molecule has 0 heterocycles. The summed E-state index contributed by atoms with van der Waals surface area (Å²) in [6, 6.07) is 2.46. The lowest BCUT2D eigenvalue weighted by molar-refractivity contribution is 0.00973. The molecule has 0 aliphatic heterocycles. The fourth-order valence-corrected chi connectivity index (χ4v) is 2.34. The highest BCUT2D eigenvalue weighted by atomic mass is 16.6. The second kappa shape index (κ2) is 9.43. The summed E-state index contributed by atoms with van der Waals surface area (Å²) < 4.78 is 15.4. The Morgan fingerprint density at radius 1 is 1.11 bits per heavy atom. The quantitative estimate of drug-likeness (QED) is 0.531. The highest BCUT2D eigenvalue weighted by molar-refractivity contribution is 5.89. The summed E-state index contributed by atoms with van der Waals surface area (Å²) >= 11 is 0. The lowest BCUT2D eigenvalue weighted by Crippen LogP contribution is -2.34. The SMILES string of the molecule is COc1cc(C(=O)O)cc(OC)c1C(O)C(O)CCNC(=O)OC(C)(C)C. The largest absolute Gasteiger partial charge is 0.496 e. The van der Waals surface area contributed by atoms with Gasteiger partial charge in [0.2, 0.25) is 0 Å². The smallest absolute Gasteiger partial charge is 0.407 e. The van der Waals surface area contributed by atoms with Gasteiger partial charge in [0, 0.05) is 6.54 Å². The number of aromatic carboxylic acids is 1. The number of aliphatic hydroxyl groups excluding tert-OH is 2. The molecule has 1 aromatic rings. The van der Waals surface area contributed by atoms with Crippen molar-refractivity contribution in [3.8, 4) is 11.5 Å². The zero-order valence-electron chi connectivity index (χ0n) is 16.1. The molecule has 27 heavy (non-hydrogen) atoms. The average Bonchev–Trinajstić information content (AvgIpc) is 2.57. The number of alkyl carbamates (subject to hydrolysis) is 1. The van der Waals surface area contributed by atoms with Crippen molar-refractivity contribution in [1.29, 1.82) is 0 Å². The molecule has 0 fully saturated rings. The van der Waals surface area contributed by atoms with Gasteiger partial charge < -0.3 is 34.8 Å². The van der Waals surface area contributed by atoms with Gasteiger partial charge in [-0.2, -0.15) is 0 Å². The lowest BCUT2D eigenvalue weighted by Gasteiger charge is -2.23. The van der Waals surface area contributed by atoms with Gasteiger partial charge in [-0.3, -0.25) is 0 Å². The minimum absolute atomic E-state index is 0.0212. The van der Waals surface area contributed by atoms with Crippen LogP contribution in [-0.2, 0) is 4.74 Å². The van der Waals surface area contributed by atoms with Crippen LogP contribution in [0.2, 0.25) is 0 Å². The molecule has 0 saturated heterocycles. The van der Waals surface area contributed by atoms with Crippen LogP contribution < -0.4 is 14.8 Å². The van der Waals surface area contributed by atoms with E-state index in [-0.39, 0.29) is 35.6 Å². The zero-order valence-corrected chi connectivity index (χ0v) is 16.1. The first-order valence-electron chi connectivity index (χ1n) is 8.32. The van der Waals surface area contributed by atoms with Gasteiger partial charge in [-0.05, 0) is 39.3 Å². The molecule has 0 radical (unpaired) electrons. The number of carboxylic acids is 1. The first-order chi connectivity index (χ1) is 12.5. The Morgan fingerprint density at radius 2 is 1.63 bits per heavy atom. The van der Waals surface area contributed by atoms with E-state index in [1.807, 2.05) is 0 Å². The molecule has 0 aliphatic rings. The molecular weight excluding hydrogens is 358 g/mol. The number of carboxylic acid groups (broad SMARTS) is 1. The highest BCUT2D eigenvalue weighted by Crippen LogP contribution is 2.37. The minimum atomic E-state index is -1.42. The van der Waals surface area contributed by atoms with Gasteiger partial charge in [0.05, 0.1) is 31.5 Å². The third kappa shape index (κ3) is 6.61. The molecular formula is C18H27NO8. The average molecular weight is 385 g/mol. The summed E-state index contributed by atoms with van der Waals surface area (Å²) in [6.07, 6.45) is -3.30. The molecule has 4 N–H and O–H groups in total. The number of nitrogens with one attached hydrogen (secondary N) is 1. The summed E-state index contributed by atoms with van der Waals surface area (Å²) in [7, 11) is 2.63. The Bertz CT molecular complexity index is 643. The third-order valence-electron chi connectivity index (χ3n) is 3.56. The van der Waals surface area contributed by atoms with E-state index in [9.17, 15) is 19.8 Å². The molecule has 2 unspecified atom stereocenters. The van der Waals surface area contributed by atoms with Crippen molar-refractivity contribution >= 4 is 12.1 Å². The molecule has 0 saturated carbocycles. The van der Waals surface area contributed by atoms with E-state index in [0.717, 1.165) is 0 Å². The van der Waals surface area contributed by atoms with Crippen LogP contribution >= 0.6 is 0 Å². The molecule has 9 nitrogen and oxygen atoms in total. The van der Waals surface area contributed by atoms with E-state index in [2.05, 4.69) is 5.32 Å². The number of aliphatic hydroxyl groups is 2. The van der Waals surface area contributed by atoms with Crippen LogP contribution in [0.1, 0.15) is 49.2 Å². The topological polar surface area (TPSA) is 135 Å². The van der Waals surface area contributed by atoms with Gasteiger partial charge in [-0.25, -0.2) is 9.59 Å². The van der Waals surface area contributed by atoms with Crippen molar-refractivity contribution in [2.24, 2.45) is 0 Å². The van der Waals surface area contributed by atoms with E-state index >= 15 is 0 Å². The van der Waals surface area contributed by atoms with Crippen molar-refractivity contribution in [3.05, 3.63) is 23.3 Å². The van der Waals surface area contributed by atoms with Gasteiger partial charge in [0.1, 0.15) is 23.2 Å². The van der Waals surface area contributed by atoms with Gasteiger partial charge in [0.25, 0.3) is 0 Å². The molecule has 2 atom stereocenters. The summed E-state index contributed by atoms with van der Waals surface area (Å²) in [4.78, 5) is 22.8. The Morgan fingerprint density at radius 3 is 2.04 bits per heavy atom. The summed E-state index contributed by atoms with van der Waals surface area (Å²) in [5, 5.41) is 32.4. The van der Waals surface area contributed by atoms with Crippen LogP contribution in [-0.4, -0.2) is 59.9 Å². The fourth-order valence-electron chi connectivity index (χ4n) is 2.34. The van der Waals surface area contributed by atoms with E-state index in [1.54, 1.807) is 20.8 Å². The number of carbonyl (C=O) groups excluding carboxylic acids is 1. The monoisotopic (exact) mass is 385 g/mol. The van der Waals surface area contributed by atoms with Crippen molar-refractivity contribution in [2.75, 3.05) is 20.8 Å². The van der Waals surface area contributed by atoms with Gasteiger partial charge in [-0.1, -0.05) is 0 Å². The van der Waals surface area contributed by atoms with Crippen LogP contribution in [0.4, 0.5) is 4.79 Å². The van der Waals surface area contributed by atoms with Crippen molar-refractivity contribution in [2.45, 2.75) is 45.0 Å². The molecule has 0 aromatic heterocycles. The minimum Gasteiger partial charge on any atom is -0.496 e. The molecule has 1 aromatic carbocycles. The number of hydrogen-bond donors (Lipinski definition) is 4. The van der Waals surface area contributed by atoms with Gasteiger partial charge >= 0.3 is 12.1 Å². The summed E-state index contributed by atoms with van der Waals surface area (Å²) in [6.45, 7) is 5.24. The van der Waals surface area contributed by atoms with Crippen LogP contribution in [0.5, 0.6) is 11.5 Å². The van der Waals surface area contributed by atoms with E-state index in [0.29, 0.717) is 0 Å². The Labute approximate surface area is 157 Å². The molecule has 0 spiro atoms. The predicted octanol–water partition coefficient (Wildman–Crippen LogP) is 1.71. The van der Waals surface area contributed by atoms with Crippen LogP contribution in [0.3, 0.4) is 0 Å². The molecule has 9 heteroatoms. The molecule has 0 bridgehead atoms. The van der Waals surface area contributed by atoms with Crippen LogP contribution in [0.25, 0.3) is 0 Å². The number of ether oxygens (including phenoxy) is 3. The zero-order chi connectivity index (χ0) is 20.8. The fraction of sp³-hybridized carbons (Fsp3) is 0.556. The van der Waals surface area contributed by atoms with E-state index < -0.39 is 29.9 Å². The number of rotatable bonds is 8. The summed E-state index contributed by atoms with van der Waals surface area (Å²) in [5.74, 6) is -1.05. The first-order valence-corrected chi connectivity index (χ1v) is 8.32. The van der Waals surface area contributed by atoms with Crippen LogP contribution in [0, 0.1) is 0 Å². The van der Waals surface area contributed by atoms with Crippen molar-refractivity contribution < 1.29 is 39.1 Å². The van der Waals surface area contributed by atoms with Crippen molar-refractivity contribution in [3.63, 3.8) is 0 Å². The Balaban J connectivity index is 2.87. The molecule has 152 valence electrons. The Kier molecular flexibility index (Phi) is 7.86. The highest BCUT2D eigenvalue weighted by Gasteiger charge is 2.27. The number of carbonyl (C=O) groups is 2. The molecule has 1 amide bonds. The van der Waals surface area contributed by atoms with Gasteiger partial charge in [-0.15, -0.1) is 0 Å². The molecule has 1 rings (SSSR count). The standard InChI is InChI=1S/C18H27NO8/c1-18(2,3)27-17(24)19-7-6-11(20)15(21)14-12(25-4)8-10(16(22)23)9-13(14)26-5/h8-9,11,15,20-21H,6-7H2,1-5H3,(H,19,24)(H,22,23). The molecule has 0 aliphatic carbocycles. The second-order valence-electron chi connectivity index (χ2n) is 6.83. The maximum absolute atomic E-state index is 11.6. The summed E-state index contributed by atoms with van der Waals surface area (Å²) in [5.41, 5.74) is -0.607. The van der Waals surface area contributed by atoms with Gasteiger partial charge in [0.15, 0.2) is 0 Å². The Hall–Kier alpha value is -2.52. The predicted molar refractivity (Wildman–Crippen MR) is 96.3 cm³/mol.